The third kappa shape index (κ3) is 6.57. The van der Waals surface area contributed by atoms with Crippen molar-refractivity contribution in [3.05, 3.63) is 115 Å². The third-order valence-electron chi connectivity index (χ3n) is 5.24. The van der Waals surface area contributed by atoms with Gasteiger partial charge in [-0.2, -0.15) is 0 Å². The molecule has 1 aliphatic rings. The molecule has 0 fully saturated rings. The first-order valence-electron chi connectivity index (χ1n) is 11.4. The van der Waals surface area contributed by atoms with Crippen LogP contribution in [-0.2, 0) is 14.3 Å². The molecule has 3 aromatic carbocycles. The van der Waals surface area contributed by atoms with E-state index in [1.807, 2.05) is 0 Å². The van der Waals surface area contributed by atoms with Gasteiger partial charge in [-0.25, -0.2) is 14.6 Å². The Kier molecular flexibility index (Phi) is 7.86. The van der Waals surface area contributed by atoms with Gasteiger partial charge in [-0.3, -0.25) is 20.2 Å². The molecule has 4 rings (SSSR count). The zero-order chi connectivity index (χ0) is 27.9. The maximum absolute atomic E-state index is 12.4. The lowest BCUT2D eigenvalue weighted by molar-refractivity contribution is -0.385. The van der Waals surface area contributed by atoms with Crippen molar-refractivity contribution in [1.29, 1.82) is 0 Å². The van der Waals surface area contributed by atoms with E-state index in [2.05, 4.69) is 4.99 Å². The van der Waals surface area contributed by atoms with Crippen molar-refractivity contribution in [2.75, 3.05) is 6.61 Å². The van der Waals surface area contributed by atoms with Crippen molar-refractivity contribution in [3.8, 4) is 11.5 Å². The Balaban J connectivity index is 1.50. The Bertz CT molecular complexity index is 1540. The molecular formula is C27H19N3O9. The first-order valence-corrected chi connectivity index (χ1v) is 11.4. The number of non-ortho nitro benzene ring substituents is 2. The fourth-order valence-electron chi connectivity index (χ4n) is 3.40. The fraction of sp³-hybridized carbons (Fsp3) is 0.0741. The molecule has 0 saturated carbocycles. The van der Waals surface area contributed by atoms with Crippen molar-refractivity contribution in [3.63, 3.8) is 0 Å². The summed E-state index contributed by atoms with van der Waals surface area (Å²) in [6, 6.07) is 15.7. The highest BCUT2D eigenvalue weighted by molar-refractivity contribution is 6.12. The quantitative estimate of drug-likeness (QED) is 0.124. The van der Waals surface area contributed by atoms with Crippen LogP contribution in [0.4, 0.5) is 11.4 Å². The highest BCUT2D eigenvalue weighted by Gasteiger charge is 2.25. The van der Waals surface area contributed by atoms with Crippen LogP contribution in [0.15, 0.2) is 83.5 Å². The molecule has 0 amide bonds. The van der Waals surface area contributed by atoms with Gasteiger partial charge in [-0.15, -0.1) is 0 Å². The van der Waals surface area contributed by atoms with Gasteiger partial charge in [-0.05, 0) is 66.6 Å². The van der Waals surface area contributed by atoms with Crippen LogP contribution < -0.4 is 9.47 Å². The molecule has 0 N–H and O–H groups in total. The average Bonchev–Trinajstić information content (AvgIpc) is 3.29. The molecule has 0 aromatic heterocycles. The minimum atomic E-state index is -0.701. The van der Waals surface area contributed by atoms with E-state index in [-0.39, 0.29) is 41.1 Å². The molecule has 12 heteroatoms. The number of ether oxygens (including phenoxy) is 3. The summed E-state index contributed by atoms with van der Waals surface area (Å²) in [5, 5.41) is 21.6. The molecule has 0 radical (unpaired) electrons. The largest absolute Gasteiger partial charge is 0.490 e. The summed E-state index contributed by atoms with van der Waals surface area (Å²) in [6.07, 6.45) is 4.09. The molecule has 0 saturated heterocycles. The van der Waals surface area contributed by atoms with Crippen LogP contribution in [0.2, 0.25) is 0 Å². The molecule has 0 bridgehead atoms. The van der Waals surface area contributed by atoms with E-state index in [9.17, 15) is 29.8 Å². The lowest BCUT2D eigenvalue weighted by atomic mass is 10.1. The van der Waals surface area contributed by atoms with Crippen molar-refractivity contribution in [1.82, 2.24) is 0 Å². The van der Waals surface area contributed by atoms with Gasteiger partial charge in [-0.1, -0.05) is 6.07 Å². The Morgan fingerprint density at radius 1 is 0.923 bits per heavy atom. The van der Waals surface area contributed by atoms with Crippen molar-refractivity contribution < 1.29 is 33.6 Å². The Labute approximate surface area is 220 Å². The first kappa shape index (κ1) is 26.4. The molecule has 1 heterocycles. The van der Waals surface area contributed by atoms with Gasteiger partial charge >= 0.3 is 11.9 Å². The average molecular weight is 529 g/mol. The molecule has 0 aliphatic carbocycles. The van der Waals surface area contributed by atoms with Gasteiger partial charge in [0, 0.05) is 35.9 Å². The number of esters is 2. The summed E-state index contributed by atoms with van der Waals surface area (Å²) in [5.74, 6) is -1.00. The Morgan fingerprint density at radius 3 is 2.15 bits per heavy atom. The number of benzene rings is 3. The summed E-state index contributed by atoms with van der Waals surface area (Å²) < 4.78 is 16.2. The second kappa shape index (κ2) is 11.6. The number of nitro benzene ring substituents is 2. The number of hydrogen-bond acceptors (Lipinski definition) is 10. The predicted octanol–water partition coefficient (Wildman–Crippen LogP) is 4.87. The minimum Gasteiger partial charge on any atom is -0.490 e. The zero-order valence-electron chi connectivity index (χ0n) is 20.3. The topological polar surface area (TPSA) is 160 Å². The molecule has 39 heavy (non-hydrogen) atoms. The van der Waals surface area contributed by atoms with Gasteiger partial charge in [0.15, 0.2) is 17.2 Å². The summed E-state index contributed by atoms with van der Waals surface area (Å²) >= 11 is 0. The second-order valence-corrected chi connectivity index (χ2v) is 7.88. The van der Waals surface area contributed by atoms with E-state index < -0.39 is 21.8 Å². The van der Waals surface area contributed by atoms with Gasteiger partial charge in [0.25, 0.3) is 11.4 Å². The highest BCUT2D eigenvalue weighted by atomic mass is 16.6. The number of carbonyl (C=O) groups is 2. The van der Waals surface area contributed by atoms with Crippen molar-refractivity contribution >= 4 is 41.4 Å². The molecule has 3 aromatic rings. The summed E-state index contributed by atoms with van der Waals surface area (Å²) in [6.45, 7) is 2.02. The van der Waals surface area contributed by atoms with Gasteiger partial charge in [0.05, 0.1) is 16.5 Å². The third-order valence-corrected chi connectivity index (χ3v) is 5.24. The van der Waals surface area contributed by atoms with Crippen LogP contribution >= 0.6 is 0 Å². The predicted molar refractivity (Wildman–Crippen MR) is 139 cm³/mol. The van der Waals surface area contributed by atoms with E-state index in [4.69, 9.17) is 14.2 Å². The van der Waals surface area contributed by atoms with Crippen LogP contribution in [0, 0.1) is 20.2 Å². The van der Waals surface area contributed by atoms with E-state index >= 15 is 0 Å². The van der Waals surface area contributed by atoms with E-state index in [0.717, 1.165) is 0 Å². The lowest BCUT2D eigenvalue weighted by Gasteiger charge is -2.10. The minimum absolute atomic E-state index is 0.00146. The number of carbonyl (C=O) groups excluding carboxylic acids is 2. The van der Waals surface area contributed by atoms with Crippen LogP contribution in [-0.4, -0.2) is 34.3 Å². The molecule has 0 unspecified atom stereocenters. The number of aliphatic imine (C=N–C) groups is 1. The van der Waals surface area contributed by atoms with E-state index in [1.54, 1.807) is 19.1 Å². The fourth-order valence-corrected chi connectivity index (χ4v) is 3.40. The smallest absolute Gasteiger partial charge is 0.363 e. The Hall–Kier alpha value is -5.65. The van der Waals surface area contributed by atoms with Crippen molar-refractivity contribution in [2.24, 2.45) is 4.99 Å². The number of rotatable bonds is 9. The first-order chi connectivity index (χ1) is 18.7. The Morgan fingerprint density at radius 2 is 1.54 bits per heavy atom. The summed E-state index contributed by atoms with van der Waals surface area (Å²) in [5.41, 5.74) is 1.32. The van der Waals surface area contributed by atoms with Crippen LogP contribution in [0.5, 0.6) is 11.5 Å². The lowest BCUT2D eigenvalue weighted by Crippen LogP contribution is -2.06. The van der Waals surface area contributed by atoms with Crippen molar-refractivity contribution in [2.45, 2.75) is 6.92 Å². The van der Waals surface area contributed by atoms with E-state index in [1.165, 1.54) is 72.8 Å². The molecule has 1 aliphatic heterocycles. The van der Waals surface area contributed by atoms with Gasteiger partial charge in [0.1, 0.15) is 0 Å². The van der Waals surface area contributed by atoms with E-state index in [0.29, 0.717) is 16.7 Å². The van der Waals surface area contributed by atoms with Crippen LogP contribution in [0.1, 0.15) is 23.6 Å². The molecule has 196 valence electrons. The maximum Gasteiger partial charge on any atom is 0.363 e. The zero-order valence-corrected chi connectivity index (χ0v) is 20.3. The molecule has 0 spiro atoms. The highest BCUT2D eigenvalue weighted by Crippen LogP contribution is 2.30. The second-order valence-electron chi connectivity index (χ2n) is 7.88. The number of nitrogens with zero attached hydrogens (tertiary/aromatic N) is 3. The standard InChI is InChI=1S/C27H19N3O9/c1-2-37-24-16-18(15-22-27(32)39-26(28-22)19-7-11-21(12-8-19)30(35)36)5-13-23(24)38-25(31)14-6-17-3-9-20(10-4-17)29(33)34/h3-16H,2H2,1H3/b14-6+,22-15-. The number of hydrogen-bond donors (Lipinski definition) is 0. The number of nitro groups is 2. The maximum atomic E-state index is 12.4. The SMILES string of the molecule is CCOc1cc(/C=C2\N=C(c3ccc([N+](=O)[O-])cc3)OC2=O)ccc1OC(=O)/C=C/c1ccc([N+](=O)[O-])cc1. The summed E-state index contributed by atoms with van der Waals surface area (Å²) in [7, 11) is 0. The molecule has 12 nitrogen and oxygen atoms in total. The number of cyclic esters (lactones) is 1. The van der Waals surface area contributed by atoms with Gasteiger partial charge in [0.2, 0.25) is 5.90 Å². The monoisotopic (exact) mass is 529 g/mol. The van der Waals surface area contributed by atoms with Crippen LogP contribution in [0.3, 0.4) is 0 Å². The molecular weight excluding hydrogens is 510 g/mol. The normalized spacial score (nSPS) is 13.7. The van der Waals surface area contributed by atoms with Crippen LogP contribution in [0.25, 0.3) is 12.2 Å². The summed E-state index contributed by atoms with van der Waals surface area (Å²) in [4.78, 5) is 49.4. The van der Waals surface area contributed by atoms with Gasteiger partial charge < -0.3 is 14.2 Å². The molecule has 0 atom stereocenters.